The van der Waals surface area contributed by atoms with Crippen LogP contribution >= 0.6 is 0 Å². The first-order valence-corrected chi connectivity index (χ1v) is 9.47. The van der Waals surface area contributed by atoms with Crippen molar-refractivity contribution in [3.63, 3.8) is 0 Å². The number of aryl methyl sites for hydroxylation is 1. The number of tetrazole rings is 1. The molecular formula is C23H22FN5. The average Bonchev–Trinajstić information content (AvgIpc) is 3.18. The maximum Gasteiger partial charge on any atom is 0.178 e. The van der Waals surface area contributed by atoms with Crippen molar-refractivity contribution in [3.8, 4) is 5.69 Å². The summed E-state index contributed by atoms with van der Waals surface area (Å²) in [6, 6.07) is 24.6. The van der Waals surface area contributed by atoms with Gasteiger partial charge in [-0.15, -0.1) is 5.10 Å². The van der Waals surface area contributed by atoms with Crippen LogP contribution in [0.2, 0.25) is 0 Å². The van der Waals surface area contributed by atoms with Gasteiger partial charge in [-0.3, -0.25) is 4.90 Å². The van der Waals surface area contributed by atoms with Crippen molar-refractivity contribution >= 4 is 0 Å². The van der Waals surface area contributed by atoms with Crippen molar-refractivity contribution in [3.05, 3.63) is 107 Å². The molecular weight excluding hydrogens is 365 g/mol. The molecule has 0 bridgehead atoms. The van der Waals surface area contributed by atoms with Crippen LogP contribution in [0.1, 0.15) is 28.6 Å². The van der Waals surface area contributed by atoms with Crippen molar-refractivity contribution in [2.45, 2.75) is 19.5 Å². The Morgan fingerprint density at radius 1 is 0.966 bits per heavy atom. The maximum atomic E-state index is 13.7. The van der Waals surface area contributed by atoms with Gasteiger partial charge in [0, 0.05) is 6.54 Å². The van der Waals surface area contributed by atoms with Gasteiger partial charge in [-0.25, -0.2) is 4.39 Å². The number of nitrogens with zero attached hydrogens (tertiary/aromatic N) is 5. The van der Waals surface area contributed by atoms with Gasteiger partial charge in [-0.2, -0.15) is 4.68 Å². The summed E-state index contributed by atoms with van der Waals surface area (Å²) >= 11 is 0. The minimum Gasteiger partial charge on any atom is -0.288 e. The van der Waals surface area contributed by atoms with Gasteiger partial charge in [0.1, 0.15) is 5.82 Å². The smallest absolute Gasteiger partial charge is 0.178 e. The first-order chi connectivity index (χ1) is 14.1. The highest BCUT2D eigenvalue weighted by Crippen LogP contribution is 2.29. The lowest BCUT2D eigenvalue weighted by Crippen LogP contribution is -2.28. The summed E-state index contributed by atoms with van der Waals surface area (Å²) in [7, 11) is 2.00. The van der Waals surface area contributed by atoms with Gasteiger partial charge in [-0.05, 0) is 59.3 Å². The third kappa shape index (κ3) is 4.07. The molecule has 0 fully saturated rings. The highest BCUT2D eigenvalue weighted by molar-refractivity contribution is 5.40. The van der Waals surface area contributed by atoms with Crippen molar-refractivity contribution < 1.29 is 4.39 Å². The molecule has 1 atom stereocenters. The Labute approximate surface area is 169 Å². The Bertz CT molecular complexity index is 1090. The molecule has 1 aromatic heterocycles. The SMILES string of the molecule is Cc1ccccc1-n1nnnc1[C@@H](c1ccccc1)N(C)Cc1cccc(F)c1. The fourth-order valence-electron chi connectivity index (χ4n) is 3.59. The first-order valence-electron chi connectivity index (χ1n) is 9.47. The fourth-order valence-corrected chi connectivity index (χ4v) is 3.59. The highest BCUT2D eigenvalue weighted by atomic mass is 19.1. The van der Waals surface area contributed by atoms with Gasteiger partial charge in [0.2, 0.25) is 0 Å². The molecule has 0 aliphatic carbocycles. The van der Waals surface area contributed by atoms with Crippen LogP contribution in [0.25, 0.3) is 5.69 Å². The highest BCUT2D eigenvalue weighted by Gasteiger charge is 2.26. The summed E-state index contributed by atoms with van der Waals surface area (Å²) in [5, 5.41) is 12.6. The van der Waals surface area contributed by atoms with E-state index < -0.39 is 0 Å². The average molecular weight is 387 g/mol. The predicted molar refractivity (Wildman–Crippen MR) is 110 cm³/mol. The van der Waals surface area contributed by atoms with E-state index in [1.807, 2.05) is 62.5 Å². The van der Waals surface area contributed by atoms with Gasteiger partial charge in [0.15, 0.2) is 5.82 Å². The number of para-hydroxylation sites is 1. The van der Waals surface area contributed by atoms with Gasteiger partial charge in [0.25, 0.3) is 0 Å². The second-order valence-electron chi connectivity index (χ2n) is 7.09. The number of aromatic nitrogens is 4. The molecule has 3 aromatic carbocycles. The minimum atomic E-state index is -0.239. The standard InChI is InChI=1S/C23H22FN5/c1-17-9-6-7-14-21(17)29-23(25-26-27-29)22(19-11-4-3-5-12-19)28(2)16-18-10-8-13-20(24)15-18/h3-15,22H,16H2,1-2H3/t22-/m1/s1. The topological polar surface area (TPSA) is 46.8 Å². The van der Waals surface area contributed by atoms with Gasteiger partial charge < -0.3 is 0 Å². The summed E-state index contributed by atoms with van der Waals surface area (Å²) in [5.74, 6) is 0.473. The molecule has 0 aliphatic rings. The molecule has 0 N–H and O–H groups in total. The summed E-state index contributed by atoms with van der Waals surface area (Å²) in [6.45, 7) is 2.59. The number of hydrogen-bond donors (Lipinski definition) is 0. The Morgan fingerprint density at radius 2 is 1.72 bits per heavy atom. The lowest BCUT2D eigenvalue weighted by Gasteiger charge is -2.28. The van der Waals surface area contributed by atoms with Crippen molar-refractivity contribution in [1.82, 2.24) is 25.1 Å². The van der Waals surface area contributed by atoms with Crippen molar-refractivity contribution in [2.75, 3.05) is 7.05 Å². The van der Waals surface area contributed by atoms with E-state index in [-0.39, 0.29) is 11.9 Å². The quantitative estimate of drug-likeness (QED) is 0.494. The molecule has 29 heavy (non-hydrogen) atoms. The van der Waals surface area contributed by atoms with E-state index >= 15 is 0 Å². The third-order valence-corrected chi connectivity index (χ3v) is 4.96. The van der Waals surface area contributed by atoms with Crippen LogP contribution in [-0.2, 0) is 6.54 Å². The Hall–Kier alpha value is -3.38. The molecule has 0 radical (unpaired) electrons. The van der Waals surface area contributed by atoms with Gasteiger partial charge >= 0.3 is 0 Å². The van der Waals surface area contributed by atoms with E-state index in [2.05, 4.69) is 32.6 Å². The largest absolute Gasteiger partial charge is 0.288 e. The van der Waals surface area contributed by atoms with E-state index in [9.17, 15) is 4.39 Å². The van der Waals surface area contributed by atoms with E-state index in [0.717, 1.165) is 22.4 Å². The Morgan fingerprint density at radius 3 is 2.48 bits per heavy atom. The maximum absolute atomic E-state index is 13.7. The zero-order chi connectivity index (χ0) is 20.2. The first kappa shape index (κ1) is 19.0. The van der Waals surface area contributed by atoms with E-state index in [1.54, 1.807) is 16.8 Å². The van der Waals surface area contributed by atoms with Crippen LogP contribution in [-0.4, -0.2) is 32.2 Å². The molecule has 0 amide bonds. The minimum absolute atomic E-state index is 0.200. The zero-order valence-electron chi connectivity index (χ0n) is 16.4. The molecule has 4 aromatic rings. The van der Waals surface area contributed by atoms with Gasteiger partial charge in [0.05, 0.1) is 11.7 Å². The number of hydrogen-bond acceptors (Lipinski definition) is 4. The van der Waals surface area contributed by atoms with Crippen molar-refractivity contribution in [1.29, 1.82) is 0 Å². The molecule has 0 saturated heterocycles. The Balaban J connectivity index is 1.77. The van der Waals surface area contributed by atoms with Crippen LogP contribution in [0.3, 0.4) is 0 Å². The predicted octanol–water partition coefficient (Wildman–Crippen LogP) is 4.33. The second kappa shape index (κ2) is 8.32. The molecule has 4 rings (SSSR count). The van der Waals surface area contributed by atoms with Crippen LogP contribution in [0.15, 0.2) is 78.9 Å². The summed E-state index contributed by atoms with van der Waals surface area (Å²) in [5.41, 5.74) is 3.98. The summed E-state index contributed by atoms with van der Waals surface area (Å²) < 4.78 is 15.5. The van der Waals surface area contributed by atoms with E-state index in [1.165, 1.54) is 6.07 Å². The zero-order valence-corrected chi connectivity index (χ0v) is 16.4. The molecule has 6 heteroatoms. The second-order valence-corrected chi connectivity index (χ2v) is 7.09. The number of rotatable bonds is 6. The number of halogens is 1. The molecule has 146 valence electrons. The molecule has 0 unspecified atom stereocenters. The van der Waals surface area contributed by atoms with Gasteiger partial charge in [-0.1, -0.05) is 60.7 Å². The third-order valence-electron chi connectivity index (χ3n) is 4.96. The number of benzene rings is 3. The lowest BCUT2D eigenvalue weighted by atomic mass is 10.0. The van der Waals surface area contributed by atoms with Crippen LogP contribution in [0.4, 0.5) is 4.39 Å². The van der Waals surface area contributed by atoms with Crippen LogP contribution in [0.5, 0.6) is 0 Å². The normalized spacial score (nSPS) is 12.3. The van der Waals surface area contributed by atoms with Crippen LogP contribution < -0.4 is 0 Å². The van der Waals surface area contributed by atoms with Crippen LogP contribution in [0, 0.1) is 12.7 Å². The molecule has 0 aliphatic heterocycles. The lowest BCUT2D eigenvalue weighted by molar-refractivity contribution is 0.258. The molecule has 1 heterocycles. The Kier molecular flexibility index (Phi) is 5.44. The van der Waals surface area contributed by atoms with E-state index in [4.69, 9.17) is 0 Å². The fraction of sp³-hybridized carbons (Fsp3) is 0.174. The monoisotopic (exact) mass is 387 g/mol. The molecule has 0 saturated carbocycles. The summed E-state index contributed by atoms with van der Waals surface area (Å²) in [4.78, 5) is 2.13. The summed E-state index contributed by atoms with van der Waals surface area (Å²) in [6.07, 6.45) is 0. The van der Waals surface area contributed by atoms with Crippen molar-refractivity contribution in [2.24, 2.45) is 0 Å². The molecule has 0 spiro atoms. The molecule has 5 nitrogen and oxygen atoms in total. The van der Waals surface area contributed by atoms with E-state index in [0.29, 0.717) is 12.4 Å².